The van der Waals surface area contributed by atoms with Crippen LogP contribution in [-0.2, 0) is 19.1 Å². The Hall–Kier alpha value is -6.54. The van der Waals surface area contributed by atoms with Crippen LogP contribution in [0.3, 0.4) is 0 Å². The monoisotopic (exact) mass is 936 g/mol. The number of rotatable bonds is 26. The SMILES string of the molecule is COC(=O)[C@H](CSC(CCCCCC(SC[C@H](NC(=O)c1ccccc1)C(=O)OC)c1cc(OC)c(OC)cc1[N+](=O)[O-])c1cc(OC)c(OC)cc1[N+](=O)[O-])NC(=O)c1ccccc1. The highest BCUT2D eigenvalue weighted by molar-refractivity contribution is 7.99. The molecule has 2 unspecified atom stereocenters. The van der Waals surface area contributed by atoms with E-state index in [2.05, 4.69) is 10.6 Å². The molecular weight excluding hydrogens is 885 g/mol. The van der Waals surface area contributed by atoms with E-state index in [-0.39, 0.29) is 45.9 Å². The Bertz CT molecular complexity index is 2110. The number of nitrogens with one attached hydrogen (secondary N) is 2. The third kappa shape index (κ3) is 14.2. The lowest BCUT2D eigenvalue weighted by Gasteiger charge is -2.23. The van der Waals surface area contributed by atoms with Crippen molar-refractivity contribution in [3.63, 3.8) is 0 Å². The van der Waals surface area contributed by atoms with Gasteiger partial charge in [-0.05, 0) is 49.2 Å². The van der Waals surface area contributed by atoms with E-state index in [1.807, 2.05) is 0 Å². The topological polar surface area (TPSA) is 234 Å². The normalized spacial score (nSPS) is 12.6. The van der Waals surface area contributed by atoms with Gasteiger partial charge in [-0.1, -0.05) is 55.7 Å². The second-order valence-corrected chi connectivity index (χ2v) is 16.6. The standard InChI is InChI=1S/C45H52N4O14S2/c1-58-36-22-30(34(48(54)55)24-38(36)60-3)40(64-26-32(44(52)62-5)46-42(50)28-16-10-7-11-17-28)20-14-9-15-21-41(31-23-37(59-2)39(61-4)25-35(31)49(56)57)65-27-33(45(53)63-6)47-43(51)29-18-12-8-13-19-29/h7-8,10-13,16-19,22-25,32-33,40-41H,9,14-15,20-21,26-27H2,1-6H3,(H,46,50)(H,47,51)/t32-,33-,40?,41?/m0/s1. The number of methoxy groups -OCH3 is 6. The summed E-state index contributed by atoms with van der Waals surface area (Å²) in [5, 5.41) is 29.2. The van der Waals surface area contributed by atoms with Gasteiger partial charge in [-0.2, -0.15) is 23.5 Å². The molecule has 0 aliphatic heterocycles. The van der Waals surface area contributed by atoms with Crippen LogP contribution < -0.4 is 29.6 Å². The van der Waals surface area contributed by atoms with Crippen molar-refractivity contribution in [1.29, 1.82) is 0 Å². The third-order valence-corrected chi connectivity index (χ3v) is 13.0. The Morgan fingerprint density at radius 2 is 0.877 bits per heavy atom. The van der Waals surface area contributed by atoms with E-state index in [9.17, 15) is 39.4 Å². The van der Waals surface area contributed by atoms with Crippen LogP contribution in [0.1, 0.15) is 74.4 Å². The molecule has 0 spiro atoms. The number of ether oxygens (including phenoxy) is 6. The lowest BCUT2D eigenvalue weighted by Crippen LogP contribution is -2.43. The van der Waals surface area contributed by atoms with Gasteiger partial charge in [0.2, 0.25) is 0 Å². The molecule has 0 aliphatic carbocycles. The zero-order chi connectivity index (χ0) is 47.5. The maximum absolute atomic E-state index is 13.1. The first-order valence-corrected chi connectivity index (χ1v) is 22.3. The summed E-state index contributed by atoms with van der Waals surface area (Å²) in [4.78, 5) is 76.1. The molecule has 4 aromatic rings. The minimum absolute atomic E-state index is 0.00866. The number of carbonyl (C=O) groups is 4. The van der Waals surface area contributed by atoms with Crippen molar-refractivity contribution in [3.05, 3.63) is 127 Å². The average molecular weight is 937 g/mol. The summed E-state index contributed by atoms with van der Waals surface area (Å²) in [7, 11) is 7.94. The second-order valence-electron chi connectivity index (χ2n) is 14.2. The average Bonchev–Trinajstić information content (AvgIpc) is 3.33. The first kappa shape index (κ1) is 51.1. The Kier molecular flexibility index (Phi) is 20.2. The van der Waals surface area contributed by atoms with E-state index in [0.717, 1.165) is 0 Å². The van der Waals surface area contributed by atoms with Crippen LogP contribution in [0.15, 0.2) is 84.9 Å². The maximum Gasteiger partial charge on any atom is 0.329 e. The molecule has 0 fully saturated rings. The molecule has 20 heteroatoms. The molecular formula is C45H52N4O14S2. The van der Waals surface area contributed by atoms with E-state index < -0.39 is 56.2 Å². The van der Waals surface area contributed by atoms with Gasteiger partial charge in [0.1, 0.15) is 12.1 Å². The van der Waals surface area contributed by atoms with E-state index >= 15 is 0 Å². The van der Waals surface area contributed by atoms with Crippen molar-refractivity contribution in [3.8, 4) is 23.0 Å². The van der Waals surface area contributed by atoms with Crippen molar-refractivity contribution < 1.29 is 57.4 Å². The van der Waals surface area contributed by atoms with Crippen LogP contribution in [0.4, 0.5) is 11.4 Å². The molecule has 4 aromatic carbocycles. The predicted molar refractivity (Wildman–Crippen MR) is 245 cm³/mol. The highest BCUT2D eigenvalue weighted by Crippen LogP contribution is 2.46. The molecule has 0 aromatic heterocycles. The number of carbonyl (C=O) groups excluding carboxylic acids is 4. The van der Waals surface area contributed by atoms with Gasteiger partial charge in [0.15, 0.2) is 23.0 Å². The highest BCUT2D eigenvalue weighted by Gasteiger charge is 2.32. The highest BCUT2D eigenvalue weighted by atomic mass is 32.2. The summed E-state index contributed by atoms with van der Waals surface area (Å²) in [6, 6.07) is 20.0. The van der Waals surface area contributed by atoms with Crippen molar-refractivity contribution >= 4 is 58.7 Å². The van der Waals surface area contributed by atoms with E-state index in [4.69, 9.17) is 28.4 Å². The third-order valence-electron chi connectivity index (χ3n) is 10.2. The van der Waals surface area contributed by atoms with E-state index in [1.54, 1.807) is 60.7 Å². The first-order valence-electron chi connectivity index (χ1n) is 20.2. The summed E-state index contributed by atoms with van der Waals surface area (Å²) < 4.78 is 31.8. The lowest BCUT2D eigenvalue weighted by molar-refractivity contribution is -0.385. The molecule has 0 bridgehead atoms. The van der Waals surface area contributed by atoms with E-state index in [1.165, 1.54) is 90.4 Å². The van der Waals surface area contributed by atoms with Crippen LogP contribution in [0.2, 0.25) is 0 Å². The number of esters is 2. The Morgan fingerprint density at radius 1 is 0.538 bits per heavy atom. The van der Waals surface area contributed by atoms with Gasteiger partial charge in [0.05, 0.1) is 64.6 Å². The van der Waals surface area contributed by atoms with Crippen LogP contribution in [0.25, 0.3) is 0 Å². The molecule has 0 aliphatic rings. The van der Waals surface area contributed by atoms with Crippen LogP contribution in [-0.4, -0.2) is 99.8 Å². The van der Waals surface area contributed by atoms with Gasteiger partial charge < -0.3 is 39.1 Å². The fourth-order valence-corrected chi connectivity index (χ4v) is 9.49. The van der Waals surface area contributed by atoms with Crippen molar-refractivity contribution in [1.82, 2.24) is 10.6 Å². The number of nitro groups is 2. The Morgan fingerprint density at radius 3 is 1.18 bits per heavy atom. The zero-order valence-electron chi connectivity index (χ0n) is 36.8. The summed E-state index contributed by atoms with van der Waals surface area (Å²) in [5.74, 6) is -1.64. The fraction of sp³-hybridized carbons (Fsp3) is 0.378. The molecule has 2 amide bonds. The molecule has 65 heavy (non-hydrogen) atoms. The van der Waals surface area contributed by atoms with Crippen LogP contribution in [0, 0.1) is 20.2 Å². The molecule has 0 saturated carbocycles. The molecule has 0 heterocycles. The molecule has 348 valence electrons. The Balaban J connectivity index is 1.62. The molecule has 0 radical (unpaired) electrons. The van der Waals surface area contributed by atoms with Gasteiger partial charge in [-0.3, -0.25) is 29.8 Å². The molecule has 18 nitrogen and oxygen atoms in total. The van der Waals surface area contributed by atoms with Gasteiger partial charge >= 0.3 is 11.9 Å². The summed E-state index contributed by atoms with van der Waals surface area (Å²) in [5.41, 5.74) is 0.782. The number of amides is 2. The number of nitrogens with zero attached hydrogens (tertiary/aromatic N) is 2. The van der Waals surface area contributed by atoms with Gasteiger partial charge in [-0.25, -0.2) is 9.59 Å². The van der Waals surface area contributed by atoms with Crippen LogP contribution in [0.5, 0.6) is 23.0 Å². The smallest absolute Gasteiger partial charge is 0.329 e. The zero-order valence-corrected chi connectivity index (χ0v) is 38.4. The number of hydrogen-bond donors (Lipinski definition) is 2. The minimum atomic E-state index is -1.11. The number of hydrogen-bond acceptors (Lipinski definition) is 16. The van der Waals surface area contributed by atoms with E-state index in [0.29, 0.717) is 54.4 Å². The summed E-state index contributed by atoms with van der Waals surface area (Å²) >= 11 is 2.44. The van der Waals surface area contributed by atoms with Crippen molar-refractivity contribution in [2.45, 2.75) is 54.7 Å². The van der Waals surface area contributed by atoms with Crippen LogP contribution >= 0.6 is 23.5 Å². The molecule has 4 atom stereocenters. The fourth-order valence-electron chi connectivity index (χ4n) is 6.80. The number of unbranched alkanes of at least 4 members (excludes halogenated alkanes) is 2. The molecule has 4 rings (SSSR count). The lowest BCUT2D eigenvalue weighted by atomic mass is 10.00. The Labute approximate surface area is 384 Å². The quantitative estimate of drug-likeness (QED) is 0.0266. The largest absolute Gasteiger partial charge is 0.493 e. The predicted octanol–water partition coefficient (Wildman–Crippen LogP) is 7.68. The minimum Gasteiger partial charge on any atom is -0.493 e. The second kappa shape index (κ2) is 25.7. The van der Waals surface area contributed by atoms with Crippen molar-refractivity contribution in [2.24, 2.45) is 0 Å². The van der Waals surface area contributed by atoms with Gasteiger partial charge in [0, 0.05) is 44.3 Å². The molecule has 0 saturated heterocycles. The van der Waals surface area contributed by atoms with Gasteiger partial charge in [-0.15, -0.1) is 0 Å². The summed E-state index contributed by atoms with van der Waals surface area (Å²) in [6.07, 6.45) is 2.22. The van der Waals surface area contributed by atoms with Crippen molar-refractivity contribution in [2.75, 3.05) is 54.2 Å². The van der Waals surface area contributed by atoms with Gasteiger partial charge in [0.25, 0.3) is 23.2 Å². The first-order chi connectivity index (χ1) is 31.3. The number of benzene rings is 4. The summed E-state index contributed by atoms with van der Waals surface area (Å²) in [6.45, 7) is 0. The maximum atomic E-state index is 13.1. The number of thioether (sulfide) groups is 2. The molecule has 2 N–H and O–H groups in total. The number of nitro benzene ring substituents is 2.